The number of methoxy groups -OCH3 is 1. The molecule has 0 atom stereocenters. The van der Waals surface area contributed by atoms with Crippen LogP contribution < -0.4 is 5.32 Å². The summed E-state index contributed by atoms with van der Waals surface area (Å²) in [4.78, 5) is 30.4. The molecule has 174 valence electrons. The number of aromatic nitrogens is 2. The maximum atomic E-state index is 15.4. The third-order valence-corrected chi connectivity index (χ3v) is 6.42. The van der Waals surface area contributed by atoms with Gasteiger partial charge in [-0.05, 0) is 74.4 Å². The number of hydrogen-bond donors (Lipinski definition) is 1. The lowest BCUT2D eigenvalue weighted by molar-refractivity contribution is 0.0962. The average Bonchev–Trinajstić information content (AvgIpc) is 3.14. The van der Waals surface area contributed by atoms with Gasteiger partial charge in [0.1, 0.15) is 11.5 Å². The van der Waals surface area contributed by atoms with E-state index < -0.39 is 5.82 Å². The van der Waals surface area contributed by atoms with Crippen molar-refractivity contribution in [2.75, 3.05) is 27.2 Å². The molecular formula is C25H29FN4O3. The lowest BCUT2D eigenvalue weighted by atomic mass is 9.90. The number of aryl methyl sites for hydroxylation is 2. The van der Waals surface area contributed by atoms with Crippen molar-refractivity contribution in [1.29, 1.82) is 0 Å². The normalized spacial score (nSPS) is 14.5. The predicted octanol–water partition coefficient (Wildman–Crippen LogP) is 4.14. The summed E-state index contributed by atoms with van der Waals surface area (Å²) in [5, 5.41) is 2.54. The van der Waals surface area contributed by atoms with Crippen LogP contribution in [0.5, 0.6) is 0 Å². The number of benzene rings is 1. The Labute approximate surface area is 192 Å². The van der Waals surface area contributed by atoms with Crippen LogP contribution in [0, 0.1) is 25.6 Å². The molecule has 33 heavy (non-hydrogen) atoms. The van der Waals surface area contributed by atoms with Gasteiger partial charge in [-0.1, -0.05) is 0 Å². The van der Waals surface area contributed by atoms with Crippen LogP contribution in [0.15, 0.2) is 30.5 Å². The van der Waals surface area contributed by atoms with Gasteiger partial charge in [0, 0.05) is 37.5 Å². The second-order valence-electron chi connectivity index (χ2n) is 8.67. The fraction of sp³-hybridized carbons (Fsp3) is 0.400. The minimum Gasteiger partial charge on any atom is -0.453 e. The summed E-state index contributed by atoms with van der Waals surface area (Å²) in [6.07, 6.45) is 4.07. The van der Waals surface area contributed by atoms with E-state index in [-0.39, 0.29) is 17.6 Å². The van der Waals surface area contributed by atoms with Gasteiger partial charge in [0.25, 0.3) is 5.91 Å². The van der Waals surface area contributed by atoms with Crippen LogP contribution in [0.4, 0.5) is 9.18 Å². The number of halogens is 1. The molecule has 0 bridgehead atoms. The van der Waals surface area contributed by atoms with Gasteiger partial charge in [0.05, 0.1) is 18.5 Å². The fourth-order valence-electron chi connectivity index (χ4n) is 4.63. The molecule has 1 N–H and O–H groups in total. The van der Waals surface area contributed by atoms with Gasteiger partial charge < -0.3 is 19.4 Å². The largest absolute Gasteiger partial charge is 0.453 e. The molecule has 1 saturated heterocycles. The number of nitrogens with zero attached hydrogens (tertiary/aromatic N) is 3. The molecule has 1 aliphatic rings. The standard InChI is InChI=1S/C25H29FN4O3/c1-15-5-10-30-20(13-17-6-8-29(9-7-17)25(32)33-4)23(28-21(30)11-15)22-16(2)12-18(14-19(22)26)24(31)27-3/h5,10-12,14,17H,6-9,13H2,1-4H3,(H,27,31). The monoisotopic (exact) mass is 452 g/mol. The number of imidazole rings is 1. The van der Waals surface area contributed by atoms with Crippen molar-refractivity contribution >= 4 is 17.6 Å². The van der Waals surface area contributed by atoms with Crippen LogP contribution >= 0.6 is 0 Å². The minimum atomic E-state index is -0.463. The molecule has 0 spiro atoms. The van der Waals surface area contributed by atoms with Crippen molar-refractivity contribution in [3.8, 4) is 11.3 Å². The SMILES string of the molecule is CNC(=O)c1cc(C)c(-c2nc3cc(C)ccn3c2CC2CCN(C(=O)OC)CC2)c(F)c1. The zero-order valence-electron chi connectivity index (χ0n) is 19.4. The van der Waals surface area contributed by atoms with Crippen LogP contribution in [-0.2, 0) is 11.2 Å². The summed E-state index contributed by atoms with van der Waals surface area (Å²) in [6.45, 7) is 5.08. The van der Waals surface area contributed by atoms with Crippen molar-refractivity contribution in [1.82, 2.24) is 19.6 Å². The van der Waals surface area contributed by atoms with Crippen LogP contribution in [0.25, 0.3) is 16.9 Å². The number of pyridine rings is 1. The molecule has 8 heteroatoms. The number of nitrogens with one attached hydrogen (secondary N) is 1. The minimum absolute atomic E-state index is 0.285. The van der Waals surface area contributed by atoms with E-state index >= 15 is 4.39 Å². The van der Waals surface area contributed by atoms with Crippen LogP contribution in [-0.4, -0.2) is 53.5 Å². The molecule has 2 amide bonds. The van der Waals surface area contributed by atoms with Gasteiger partial charge in [0.15, 0.2) is 0 Å². The Hall–Kier alpha value is -3.42. The summed E-state index contributed by atoms with van der Waals surface area (Å²) in [5.74, 6) is -0.457. The summed E-state index contributed by atoms with van der Waals surface area (Å²) in [7, 11) is 2.92. The number of carbonyl (C=O) groups is 2. The highest BCUT2D eigenvalue weighted by Crippen LogP contribution is 2.34. The molecule has 3 aromatic rings. The molecule has 0 unspecified atom stereocenters. The Bertz CT molecular complexity index is 1190. The third kappa shape index (κ3) is 4.42. The number of amides is 2. The van der Waals surface area contributed by atoms with Gasteiger partial charge >= 0.3 is 6.09 Å². The van der Waals surface area contributed by atoms with Crippen molar-refractivity contribution in [3.05, 3.63) is 58.7 Å². The zero-order valence-corrected chi connectivity index (χ0v) is 19.4. The molecule has 1 aromatic carbocycles. The highest BCUT2D eigenvalue weighted by Gasteiger charge is 2.27. The van der Waals surface area contributed by atoms with E-state index in [2.05, 4.69) is 5.32 Å². The maximum Gasteiger partial charge on any atom is 0.409 e. The molecule has 0 radical (unpaired) electrons. The predicted molar refractivity (Wildman–Crippen MR) is 124 cm³/mol. The Morgan fingerprint density at radius 3 is 2.58 bits per heavy atom. The van der Waals surface area contributed by atoms with Crippen molar-refractivity contribution in [2.24, 2.45) is 5.92 Å². The first-order valence-corrected chi connectivity index (χ1v) is 11.2. The molecule has 2 aromatic heterocycles. The van der Waals surface area contributed by atoms with Gasteiger partial charge in [-0.2, -0.15) is 0 Å². The smallest absolute Gasteiger partial charge is 0.409 e. The molecule has 3 heterocycles. The highest BCUT2D eigenvalue weighted by atomic mass is 19.1. The van der Waals surface area contributed by atoms with Crippen LogP contribution in [0.3, 0.4) is 0 Å². The first-order valence-electron chi connectivity index (χ1n) is 11.2. The van der Waals surface area contributed by atoms with Gasteiger partial charge in [-0.3, -0.25) is 4.79 Å². The Morgan fingerprint density at radius 1 is 1.21 bits per heavy atom. The molecule has 0 aliphatic carbocycles. The molecule has 1 aliphatic heterocycles. The Morgan fingerprint density at radius 2 is 1.94 bits per heavy atom. The van der Waals surface area contributed by atoms with Crippen LogP contribution in [0.1, 0.15) is 40.0 Å². The zero-order chi connectivity index (χ0) is 23.7. The molecule has 1 fully saturated rings. The number of likely N-dealkylation sites (tertiary alicyclic amines) is 1. The molecule has 7 nitrogen and oxygen atoms in total. The fourth-order valence-corrected chi connectivity index (χ4v) is 4.63. The molecule has 4 rings (SSSR count). The van der Waals surface area contributed by atoms with E-state index in [0.717, 1.165) is 29.7 Å². The summed E-state index contributed by atoms with van der Waals surface area (Å²) in [5.41, 5.74) is 4.75. The maximum absolute atomic E-state index is 15.4. The van der Waals surface area contributed by atoms with E-state index in [1.165, 1.54) is 20.2 Å². The third-order valence-electron chi connectivity index (χ3n) is 6.42. The summed E-state index contributed by atoms with van der Waals surface area (Å²) >= 11 is 0. The van der Waals surface area contributed by atoms with E-state index in [4.69, 9.17) is 9.72 Å². The number of hydrogen-bond acceptors (Lipinski definition) is 4. The van der Waals surface area contributed by atoms with Gasteiger partial charge in [-0.25, -0.2) is 14.2 Å². The van der Waals surface area contributed by atoms with Crippen molar-refractivity contribution in [2.45, 2.75) is 33.1 Å². The van der Waals surface area contributed by atoms with Crippen molar-refractivity contribution in [3.63, 3.8) is 0 Å². The van der Waals surface area contributed by atoms with Gasteiger partial charge in [-0.15, -0.1) is 0 Å². The lowest BCUT2D eigenvalue weighted by Gasteiger charge is -2.31. The van der Waals surface area contributed by atoms with E-state index in [1.54, 1.807) is 17.9 Å². The topological polar surface area (TPSA) is 75.9 Å². The average molecular weight is 453 g/mol. The number of piperidine rings is 1. The Kier molecular flexibility index (Phi) is 6.35. The number of rotatable bonds is 4. The van der Waals surface area contributed by atoms with E-state index in [9.17, 15) is 9.59 Å². The number of fused-ring (bicyclic) bond motifs is 1. The summed E-state index contributed by atoms with van der Waals surface area (Å²) in [6, 6.07) is 6.97. The highest BCUT2D eigenvalue weighted by molar-refractivity contribution is 5.95. The number of ether oxygens (including phenoxy) is 1. The van der Waals surface area contributed by atoms with E-state index in [1.807, 2.05) is 29.7 Å². The second-order valence-corrected chi connectivity index (χ2v) is 8.67. The van der Waals surface area contributed by atoms with Crippen LogP contribution in [0.2, 0.25) is 0 Å². The lowest BCUT2D eigenvalue weighted by Crippen LogP contribution is -2.38. The molecular weight excluding hydrogens is 423 g/mol. The summed E-state index contributed by atoms with van der Waals surface area (Å²) < 4.78 is 22.2. The second kappa shape index (κ2) is 9.21. The van der Waals surface area contributed by atoms with E-state index in [0.29, 0.717) is 42.2 Å². The quantitative estimate of drug-likeness (QED) is 0.646. The van der Waals surface area contributed by atoms with Gasteiger partial charge in [0.2, 0.25) is 0 Å². The first kappa shape index (κ1) is 22.8. The van der Waals surface area contributed by atoms with Crippen molar-refractivity contribution < 1.29 is 18.7 Å². The molecule has 0 saturated carbocycles. The number of carbonyl (C=O) groups excluding carboxylic acids is 2. The Balaban J connectivity index is 1.74. The first-order chi connectivity index (χ1) is 15.8.